The molecule has 2 aliphatic heterocycles. The van der Waals surface area contributed by atoms with Gasteiger partial charge in [0.2, 0.25) is 0 Å². The quantitative estimate of drug-likeness (QED) is 0.629. The highest BCUT2D eigenvalue weighted by molar-refractivity contribution is 7.71. The molecule has 1 aromatic rings. The standard InChI is InChI=1S/C9H11N3OS/c13-8-5-4-12-3-1-2-6(12)7(5)10-9(14)11-8/h6H,1-4H2,(H2,10,11,13,14). The lowest BCUT2D eigenvalue weighted by Gasteiger charge is -2.13. The number of aromatic nitrogens is 2. The van der Waals surface area contributed by atoms with Gasteiger partial charge in [-0.3, -0.25) is 14.7 Å². The van der Waals surface area contributed by atoms with Gasteiger partial charge in [-0.15, -0.1) is 0 Å². The van der Waals surface area contributed by atoms with Crippen LogP contribution in [0.1, 0.15) is 30.1 Å². The van der Waals surface area contributed by atoms with Crippen molar-refractivity contribution in [2.75, 3.05) is 6.54 Å². The molecule has 2 N–H and O–H groups in total. The van der Waals surface area contributed by atoms with Crippen LogP contribution in [0.15, 0.2) is 4.79 Å². The van der Waals surface area contributed by atoms with Crippen molar-refractivity contribution in [1.29, 1.82) is 0 Å². The van der Waals surface area contributed by atoms with E-state index in [-0.39, 0.29) is 5.56 Å². The molecule has 0 aromatic carbocycles. The van der Waals surface area contributed by atoms with Crippen molar-refractivity contribution in [3.05, 3.63) is 26.4 Å². The Labute approximate surface area is 86.0 Å². The normalized spacial score (nSPS) is 25.0. The molecule has 3 rings (SSSR count). The van der Waals surface area contributed by atoms with Crippen molar-refractivity contribution in [3.63, 3.8) is 0 Å². The number of nitrogens with one attached hydrogen (secondary N) is 2. The largest absolute Gasteiger partial charge is 0.334 e. The number of aromatic amines is 2. The molecule has 14 heavy (non-hydrogen) atoms. The number of nitrogens with zero attached hydrogens (tertiary/aromatic N) is 1. The molecular formula is C9H11N3OS. The van der Waals surface area contributed by atoms with E-state index in [4.69, 9.17) is 12.2 Å². The van der Waals surface area contributed by atoms with Gasteiger partial charge in [-0.1, -0.05) is 0 Å². The lowest BCUT2D eigenvalue weighted by molar-refractivity contribution is 0.278. The summed E-state index contributed by atoms with van der Waals surface area (Å²) < 4.78 is 0.447. The molecule has 0 spiro atoms. The molecule has 2 aliphatic rings. The van der Waals surface area contributed by atoms with Gasteiger partial charge in [0.1, 0.15) is 0 Å². The van der Waals surface area contributed by atoms with Crippen molar-refractivity contribution in [3.8, 4) is 0 Å². The first kappa shape index (κ1) is 8.38. The fourth-order valence-corrected chi connectivity index (χ4v) is 2.72. The maximum Gasteiger partial charge on any atom is 0.256 e. The summed E-state index contributed by atoms with van der Waals surface area (Å²) in [6, 6.07) is 0.411. The molecule has 0 bridgehead atoms. The summed E-state index contributed by atoms with van der Waals surface area (Å²) in [6.45, 7) is 1.88. The van der Waals surface area contributed by atoms with Crippen LogP contribution in [0.4, 0.5) is 0 Å². The van der Waals surface area contributed by atoms with Gasteiger partial charge in [-0.25, -0.2) is 0 Å². The van der Waals surface area contributed by atoms with Crippen molar-refractivity contribution in [2.24, 2.45) is 0 Å². The summed E-state index contributed by atoms with van der Waals surface area (Å²) in [4.78, 5) is 19.7. The van der Waals surface area contributed by atoms with Crippen LogP contribution < -0.4 is 5.56 Å². The molecule has 0 amide bonds. The summed E-state index contributed by atoms with van der Waals surface area (Å²) in [5.74, 6) is 0. The first-order valence-corrected chi connectivity index (χ1v) is 5.26. The zero-order valence-electron chi connectivity index (χ0n) is 7.67. The van der Waals surface area contributed by atoms with E-state index in [0.29, 0.717) is 10.8 Å². The first-order valence-electron chi connectivity index (χ1n) is 4.85. The molecule has 4 nitrogen and oxygen atoms in total. The Balaban J connectivity index is 2.24. The molecule has 5 heteroatoms. The smallest absolute Gasteiger partial charge is 0.256 e. The Morgan fingerprint density at radius 2 is 2.29 bits per heavy atom. The summed E-state index contributed by atoms with van der Waals surface area (Å²) in [6.07, 6.45) is 2.36. The molecule has 1 saturated heterocycles. The lowest BCUT2D eigenvalue weighted by Crippen LogP contribution is -2.17. The Morgan fingerprint density at radius 3 is 3.14 bits per heavy atom. The fraction of sp³-hybridized carbons (Fsp3) is 0.556. The lowest BCUT2D eigenvalue weighted by atomic mass is 10.1. The van der Waals surface area contributed by atoms with Crippen LogP contribution in [-0.4, -0.2) is 21.4 Å². The molecule has 1 unspecified atom stereocenters. The summed E-state index contributed by atoms with van der Waals surface area (Å²) in [5, 5.41) is 0. The number of rotatable bonds is 0. The van der Waals surface area contributed by atoms with Crippen LogP contribution in [0.5, 0.6) is 0 Å². The van der Waals surface area contributed by atoms with Gasteiger partial charge in [0.15, 0.2) is 4.77 Å². The highest BCUT2D eigenvalue weighted by Gasteiger charge is 2.35. The van der Waals surface area contributed by atoms with Crippen LogP contribution in [0, 0.1) is 4.77 Å². The molecule has 1 aromatic heterocycles. The van der Waals surface area contributed by atoms with Crippen molar-refractivity contribution in [2.45, 2.75) is 25.4 Å². The molecule has 0 saturated carbocycles. The number of fused-ring (bicyclic) bond motifs is 3. The highest BCUT2D eigenvalue weighted by atomic mass is 32.1. The monoisotopic (exact) mass is 209 g/mol. The van der Waals surface area contributed by atoms with Crippen LogP contribution in [0.2, 0.25) is 0 Å². The van der Waals surface area contributed by atoms with Gasteiger partial charge in [0.05, 0.1) is 11.6 Å². The summed E-state index contributed by atoms with van der Waals surface area (Å²) in [5.41, 5.74) is 1.91. The highest BCUT2D eigenvalue weighted by Crippen LogP contribution is 2.37. The molecule has 3 heterocycles. The SMILES string of the molecule is O=c1[nH]c(=S)[nH]c2c1CN1CCCC21. The second kappa shape index (κ2) is 2.77. The maximum atomic E-state index is 11.6. The van der Waals surface area contributed by atoms with E-state index in [9.17, 15) is 4.79 Å². The molecule has 74 valence electrons. The van der Waals surface area contributed by atoms with Gasteiger partial charge in [-0.05, 0) is 31.6 Å². The topological polar surface area (TPSA) is 51.9 Å². The zero-order chi connectivity index (χ0) is 9.71. The predicted molar refractivity (Wildman–Crippen MR) is 54.6 cm³/mol. The van der Waals surface area contributed by atoms with E-state index in [1.807, 2.05) is 0 Å². The minimum absolute atomic E-state index is 0.0156. The van der Waals surface area contributed by atoms with Crippen molar-refractivity contribution in [1.82, 2.24) is 14.9 Å². The average molecular weight is 209 g/mol. The van der Waals surface area contributed by atoms with E-state index in [1.165, 1.54) is 6.42 Å². The predicted octanol–water partition coefficient (Wildman–Crippen LogP) is 1.08. The van der Waals surface area contributed by atoms with Crippen molar-refractivity contribution >= 4 is 12.2 Å². The number of hydrogen-bond acceptors (Lipinski definition) is 3. The van der Waals surface area contributed by atoms with E-state index >= 15 is 0 Å². The van der Waals surface area contributed by atoms with Gasteiger partial charge in [0, 0.05) is 12.2 Å². The minimum atomic E-state index is -0.0156. The average Bonchev–Trinajstić information content (AvgIpc) is 2.65. The van der Waals surface area contributed by atoms with Crippen LogP contribution >= 0.6 is 12.2 Å². The Kier molecular flexibility index (Phi) is 1.66. The summed E-state index contributed by atoms with van der Waals surface area (Å²) in [7, 11) is 0. The van der Waals surface area contributed by atoms with E-state index < -0.39 is 0 Å². The van der Waals surface area contributed by atoms with Gasteiger partial charge >= 0.3 is 0 Å². The Morgan fingerprint density at radius 1 is 1.43 bits per heavy atom. The van der Waals surface area contributed by atoms with Crippen LogP contribution in [0.25, 0.3) is 0 Å². The second-order valence-electron chi connectivity index (χ2n) is 3.93. The van der Waals surface area contributed by atoms with Crippen LogP contribution in [0.3, 0.4) is 0 Å². The van der Waals surface area contributed by atoms with E-state index in [0.717, 1.165) is 30.8 Å². The molecule has 1 fully saturated rings. The van der Waals surface area contributed by atoms with E-state index in [2.05, 4.69) is 14.9 Å². The first-order chi connectivity index (χ1) is 6.75. The maximum absolute atomic E-state index is 11.6. The third-order valence-electron chi connectivity index (χ3n) is 3.13. The molecule has 0 radical (unpaired) electrons. The second-order valence-corrected chi connectivity index (χ2v) is 4.34. The van der Waals surface area contributed by atoms with E-state index in [1.54, 1.807) is 0 Å². The third-order valence-corrected chi connectivity index (χ3v) is 3.34. The number of H-pyrrole nitrogens is 2. The fourth-order valence-electron chi connectivity index (χ4n) is 2.52. The number of hydrogen-bond donors (Lipinski definition) is 2. The van der Waals surface area contributed by atoms with Crippen LogP contribution in [-0.2, 0) is 6.54 Å². The molecular weight excluding hydrogens is 198 g/mol. The Hall–Kier alpha value is -0.940. The van der Waals surface area contributed by atoms with Crippen molar-refractivity contribution < 1.29 is 0 Å². The minimum Gasteiger partial charge on any atom is -0.334 e. The third kappa shape index (κ3) is 1.02. The van der Waals surface area contributed by atoms with Gasteiger partial charge in [-0.2, -0.15) is 0 Å². The molecule has 1 atom stereocenters. The zero-order valence-corrected chi connectivity index (χ0v) is 8.49. The van der Waals surface area contributed by atoms with Gasteiger partial charge in [0.25, 0.3) is 5.56 Å². The summed E-state index contributed by atoms with van der Waals surface area (Å²) >= 11 is 4.97. The van der Waals surface area contributed by atoms with Gasteiger partial charge < -0.3 is 4.98 Å². The Bertz CT molecular complexity index is 490. The molecule has 0 aliphatic carbocycles.